The van der Waals surface area contributed by atoms with Crippen LogP contribution in [0.3, 0.4) is 0 Å². The molecule has 0 unspecified atom stereocenters. The summed E-state index contributed by atoms with van der Waals surface area (Å²) in [7, 11) is 0. The first-order valence-corrected chi connectivity index (χ1v) is 4.46. The second-order valence-electron chi connectivity index (χ2n) is 3.30. The second kappa shape index (κ2) is 4.59. The topological polar surface area (TPSA) is 83.6 Å². The molecule has 0 spiro atoms. The molecule has 0 aliphatic rings. The van der Waals surface area contributed by atoms with Gasteiger partial charge in [-0.1, -0.05) is 5.16 Å². The molecule has 0 radical (unpaired) electrons. The Morgan fingerprint density at radius 2 is 2.27 bits per heavy atom. The SMILES string of the molecule is CC(C)N(CC(=O)O)C(=O)c1ccno1. The Labute approximate surface area is 86.5 Å². The third kappa shape index (κ3) is 2.80. The molecule has 15 heavy (non-hydrogen) atoms. The maximum absolute atomic E-state index is 11.7. The minimum atomic E-state index is -1.06. The van der Waals surface area contributed by atoms with Crippen LogP contribution in [0.1, 0.15) is 24.4 Å². The maximum atomic E-state index is 11.7. The van der Waals surface area contributed by atoms with E-state index in [0.717, 1.165) is 0 Å². The van der Waals surface area contributed by atoms with E-state index in [2.05, 4.69) is 9.68 Å². The van der Waals surface area contributed by atoms with Gasteiger partial charge in [0.2, 0.25) is 5.76 Å². The van der Waals surface area contributed by atoms with Crippen LogP contribution < -0.4 is 0 Å². The minimum absolute atomic E-state index is 0.0463. The van der Waals surface area contributed by atoms with Crippen LogP contribution in [-0.2, 0) is 4.79 Å². The van der Waals surface area contributed by atoms with Gasteiger partial charge in [0.15, 0.2) is 0 Å². The van der Waals surface area contributed by atoms with Crippen molar-refractivity contribution in [3.05, 3.63) is 18.0 Å². The van der Waals surface area contributed by atoms with Crippen molar-refractivity contribution in [3.63, 3.8) is 0 Å². The molecule has 1 N–H and O–H groups in total. The minimum Gasteiger partial charge on any atom is -0.480 e. The number of hydrogen-bond donors (Lipinski definition) is 1. The Balaban J connectivity index is 2.81. The van der Waals surface area contributed by atoms with Crippen LogP contribution in [0.25, 0.3) is 0 Å². The van der Waals surface area contributed by atoms with Crippen LogP contribution in [0.15, 0.2) is 16.8 Å². The van der Waals surface area contributed by atoms with Crippen LogP contribution in [0.2, 0.25) is 0 Å². The number of aliphatic carboxylic acids is 1. The van der Waals surface area contributed by atoms with E-state index < -0.39 is 11.9 Å². The summed E-state index contributed by atoms with van der Waals surface area (Å²) in [5.41, 5.74) is 0. The smallest absolute Gasteiger partial charge is 0.323 e. The predicted molar refractivity (Wildman–Crippen MR) is 50.3 cm³/mol. The lowest BCUT2D eigenvalue weighted by molar-refractivity contribution is -0.138. The van der Waals surface area contributed by atoms with Gasteiger partial charge in [0.25, 0.3) is 5.91 Å². The molecule has 0 aliphatic heterocycles. The summed E-state index contributed by atoms with van der Waals surface area (Å²) >= 11 is 0. The Kier molecular flexibility index (Phi) is 3.43. The first-order valence-electron chi connectivity index (χ1n) is 4.46. The van der Waals surface area contributed by atoms with Gasteiger partial charge < -0.3 is 14.5 Å². The van der Waals surface area contributed by atoms with E-state index in [4.69, 9.17) is 5.11 Å². The average Bonchev–Trinajstić information content (AvgIpc) is 2.65. The molecule has 0 aliphatic carbocycles. The van der Waals surface area contributed by atoms with Gasteiger partial charge in [-0.05, 0) is 13.8 Å². The van der Waals surface area contributed by atoms with Gasteiger partial charge >= 0.3 is 5.97 Å². The van der Waals surface area contributed by atoms with E-state index in [0.29, 0.717) is 0 Å². The molecule has 6 nitrogen and oxygen atoms in total. The summed E-state index contributed by atoms with van der Waals surface area (Å²) < 4.78 is 4.67. The number of hydrogen-bond acceptors (Lipinski definition) is 4. The van der Waals surface area contributed by atoms with Crippen molar-refractivity contribution in [2.45, 2.75) is 19.9 Å². The normalized spacial score (nSPS) is 10.3. The highest BCUT2D eigenvalue weighted by Crippen LogP contribution is 2.07. The summed E-state index contributed by atoms with van der Waals surface area (Å²) in [6, 6.07) is 1.19. The summed E-state index contributed by atoms with van der Waals surface area (Å²) in [6.45, 7) is 3.12. The highest BCUT2D eigenvalue weighted by molar-refractivity contribution is 5.93. The largest absolute Gasteiger partial charge is 0.480 e. The predicted octanol–water partition coefficient (Wildman–Crippen LogP) is 0.610. The van der Waals surface area contributed by atoms with Crippen molar-refractivity contribution in [1.29, 1.82) is 0 Å². The highest BCUT2D eigenvalue weighted by atomic mass is 16.5. The standard InChI is InChI=1S/C9H12N2O4/c1-6(2)11(5-8(12)13)9(14)7-3-4-10-15-7/h3-4,6H,5H2,1-2H3,(H,12,13). The molecule has 0 saturated heterocycles. The van der Waals surface area contributed by atoms with Crippen molar-refractivity contribution in [1.82, 2.24) is 10.1 Å². The summed E-state index contributed by atoms with van der Waals surface area (Å²) in [4.78, 5) is 23.5. The van der Waals surface area contributed by atoms with Crippen molar-refractivity contribution < 1.29 is 19.2 Å². The quantitative estimate of drug-likeness (QED) is 0.790. The van der Waals surface area contributed by atoms with Gasteiger partial charge in [-0.3, -0.25) is 9.59 Å². The zero-order chi connectivity index (χ0) is 11.4. The first kappa shape index (κ1) is 11.2. The number of rotatable bonds is 4. The molecule has 6 heteroatoms. The lowest BCUT2D eigenvalue weighted by Gasteiger charge is -2.23. The average molecular weight is 212 g/mol. The zero-order valence-corrected chi connectivity index (χ0v) is 8.51. The number of carboxylic acids is 1. The van der Waals surface area contributed by atoms with E-state index in [9.17, 15) is 9.59 Å². The summed E-state index contributed by atoms with van der Waals surface area (Å²) in [5.74, 6) is -1.48. The van der Waals surface area contributed by atoms with Gasteiger partial charge in [0.05, 0.1) is 6.20 Å². The van der Waals surface area contributed by atoms with E-state index in [-0.39, 0.29) is 18.3 Å². The van der Waals surface area contributed by atoms with Crippen molar-refractivity contribution >= 4 is 11.9 Å². The lowest BCUT2D eigenvalue weighted by atomic mass is 10.3. The van der Waals surface area contributed by atoms with E-state index in [1.54, 1.807) is 13.8 Å². The number of aromatic nitrogens is 1. The third-order valence-electron chi connectivity index (χ3n) is 1.84. The molecule has 1 aromatic heterocycles. The third-order valence-corrected chi connectivity index (χ3v) is 1.84. The monoisotopic (exact) mass is 212 g/mol. The molecule has 0 fully saturated rings. The van der Waals surface area contributed by atoms with Gasteiger partial charge in [0.1, 0.15) is 6.54 Å². The Bertz CT molecular complexity index is 345. The maximum Gasteiger partial charge on any atom is 0.323 e. The van der Waals surface area contributed by atoms with Crippen molar-refractivity contribution in [3.8, 4) is 0 Å². The van der Waals surface area contributed by atoms with E-state index >= 15 is 0 Å². The first-order chi connectivity index (χ1) is 7.02. The summed E-state index contributed by atoms with van der Waals surface area (Å²) in [6.07, 6.45) is 1.34. The van der Waals surface area contributed by atoms with Crippen LogP contribution >= 0.6 is 0 Å². The van der Waals surface area contributed by atoms with Crippen LogP contribution in [0.4, 0.5) is 0 Å². The van der Waals surface area contributed by atoms with Crippen LogP contribution in [0, 0.1) is 0 Å². The molecule has 0 atom stereocenters. The number of carboxylic acid groups (broad SMARTS) is 1. The molecule has 0 aromatic carbocycles. The van der Waals surface area contributed by atoms with Gasteiger partial charge in [0, 0.05) is 12.1 Å². The Hall–Kier alpha value is -1.85. The number of amides is 1. The second-order valence-corrected chi connectivity index (χ2v) is 3.30. The van der Waals surface area contributed by atoms with E-state index in [1.807, 2.05) is 0 Å². The fraction of sp³-hybridized carbons (Fsp3) is 0.444. The van der Waals surface area contributed by atoms with Crippen LogP contribution in [-0.4, -0.2) is 39.6 Å². The molecule has 82 valence electrons. The molecule has 1 amide bonds. The van der Waals surface area contributed by atoms with Gasteiger partial charge in [-0.15, -0.1) is 0 Å². The Morgan fingerprint density at radius 3 is 2.67 bits per heavy atom. The van der Waals surface area contributed by atoms with Crippen LogP contribution in [0.5, 0.6) is 0 Å². The summed E-state index contributed by atoms with van der Waals surface area (Å²) in [5, 5.41) is 12.0. The molecule has 0 saturated carbocycles. The fourth-order valence-electron chi connectivity index (χ4n) is 1.10. The fourth-order valence-corrected chi connectivity index (χ4v) is 1.10. The molecule has 1 aromatic rings. The molecular weight excluding hydrogens is 200 g/mol. The van der Waals surface area contributed by atoms with Gasteiger partial charge in [-0.2, -0.15) is 0 Å². The van der Waals surface area contributed by atoms with Gasteiger partial charge in [-0.25, -0.2) is 0 Å². The lowest BCUT2D eigenvalue weighted by Crippen LogP contribution is -2.40. The van der Waals surface area contributed by atoms with Crippen molar-refractivity contribution in [2.75, 3.05) is 6.54 Å². The molecule has 0 bridgehead atoms. The number of carbonyl (C=O) groups is 2. The Morgan fingerprint density at radius 1 is 1.60 bits per heavy atom. The molecule has 1 heterocycles. The number of carbonyl (C=O) groups excluding carboxylic acids is 1. The van der Waals surface area contributed by atoms with E-state index in [1.165, 1.54) is 17.2 Å². The van der Waals surface area contributed by atoms with Crippen molar-refractivity contribution in [2.24, 2.45) is 0 Å². The molecule has 1 rings (SSSR count). The number of nitrogens with zero attached hydrogens (tertiary/aromatic N) is 2. The highest BCUT2D eigenvalue weighted by Gasteiger charge is 2.23. The molecular formula is C9H12N2O4. The zero-order valence-electron chi connectivity index (χ0n) is 8.51.